The van der Waals surface area contributed by atoms with Crippen LogP contribution < -0.4 is 5.32 Å². The van der Waals surface area contributed by atoms with Crippen LogP contribution in [0.3, 0.4) is 0 Å². The van der Waals surface area contributed by atoms with Crippen molar-refractivity contribution in [3.05, 3.63) is 53.3 Å². The van der Waals surface area contributed by atoms with E-state index in [9.17, 15) is 0 Å². The topological polar surface area (TPSA) is 29.9 Å². The molecule has 18 heavy (non-hydrogen) atoms. The van der Waals surface area contributed by atoms with Gasteiger partial charge in [-0.1, -0.05) is 29.8 Å². The predicted molar refractivity (Wildman–Crippen MR) is 74.5 cm³/mol. The number of benzene rings is 1. The molecule has 3 nitrogen and oxygen atoms in total. The Morgan fingerprint density at radius 3 is 2.56 bits per heavy atom. The van der Waals surface area contributed by atoms with Crippen molar-refractivity contribution in [2.24, 2.45) is 7.05 Å². The first-order chi connectivity index (χ1) is 8.66. The molecule has 0 bridgehead atoms. The fraction of sp³-hybridized carbons (Fsp3) is 0.400. The molecule has 0 saturated carbocycles. The Morgan fingerprint density at radius 2 is 1.94 bits per heavy atom. The molecule has 0 radical (unpaired) electrons. The Morgan fingerprint density at radius 1 is 1.22 bits per heavy atom. The maximum Gasteiger partial charge on any atom is 0.0492 e. The first kappa shape index (κ1) is 12.8. The van der Waals surface area contributed by atoms with Gasteiger partial charge in [0.15, 0.2) is 0 Å². The smallest absolute Gasteiger partial charge is 0.0492 e. The molecule has 2 aromatic rings. The first-order valence-corrected chi connectivity index (χ1v) is 6.43. The van der Waals surface area contributed by atoms with E-state index < -0.39 is 0 Å². The average Bonchev–Trinajstić information content (AvgIpc) is 2.76. The summed E-state index contributed by atoms with van der Waals surface area (Å²) in [5.41, 5.74) is 3.91. The van der Waals surface area contributed by atoms with Crippen LogP contribution in [0.25, 0.3) is 0 Å². The third-order valence-corrected chi connectivity index (χ3v) is 3.33. The molecule has 0 amide bonds. The second kappa shape index (κ2) is 5.83. The van der Waals surface area contributed by atoms with Crippen molar-refractivity contribution in [2.45, 2.75) is 26.3 Å². The standard InChI is InChI=1S/C15H21N3/c1-12-4-6-14(7-5-12)13(2)16-10-8-15-9-11-17-18(15)3/h4-7,9,11,13,16H,8,10H2,1-3H3. The fourth-order valence-corrected chi connectivity index (χ4v) is 2.04. The van der Waals surface area contributed by atoms with Gasteiger partial charge in [-0.25, -0.2) is 0 Å². The zero-order chi connectivity index (χ0) is 13.0. The van der Waals surface area contributed by atoms with Gasteiger partial charge in [0.1, 0.15) is 0 Å². The lowest BCUT2D eigenvalue weighted by Crippen LogP contribution is -2.22. The van der Waals surface area contributed by atoms with E-state index in [4.69, 9.17) is 0 Å². The lowest BCUT2D eigenvalue weighted by molar-refractivity contribution is 0.564. The normalized spacial score (nSPS) is 12.6. The van der Waals surface area contributed by atoms with E-state index in [0.717, 1.165) is 13.0 Å². The summed E-state index contributed by atoms with van der Waals surface area (Å²) in [6, 6.07) is 11.2. The molecule has 1 N–H and O–H groups in total. The van der Waals surface area contributed by atoms with Crippen LogP contribution in [0.15, 0.2) is 36.5 Å². The molecule has 1 aromatic heterocycles. The van der Waals surface area contributed by atoms with Gasteiger partial charge in [-0.15, -0.1) is 0 Å². The number of nitrogens with one attached hydrogen (secondary N) is 1. The molecule has 96 valence electrons. The van der Waals surface area contributed by atoms with E-state index in [2.05, 4.69) is 54.6 Å². The Kier molecular flexibility index (Phi) is 4.15. The van der Waals surface area contributed by atoms with E-state index in [-0.39, 0.29) is 0 Å². The molecular formula is C15H21N3. The second-order valence-electron chi connectivity index (χ2n) is 4.78. The minimum atomic E-state index is 0.388. The molecule has 1 unspecified atom stereocenters. The highest BCUT2D eigenvalue weighted by Crippen LogP contribution is 2.12. The summed E-state index contributed by atoms with van der Waals surface area (Å²) in [4.78, 5) is 0. The third kappa shape index (κ3) is 3.20. The first-order valence-electron chi connectivity index (χ1n) is 6.43. The third-order valence-electron chi connectivity index (χ3n) is 3.33. The molecule has 0 aliphatic rings. The van der Waals surface area contributed by atoms with Crippen molar-refractivity contribution < 1.29 is 0 Å². The second-order valence-corrected chi connectivity index (χ2v) is 4.78. The summed E-state index contributed by atoms with van der Waals surface area (Å²) in [6.07, 6.45) is 2.85. The molecule has 1 heterocycles. The van der Waals surface area contributed by atoms with E-state index in [0.29, 0.717) is 6.04 Å². The predicted octanol–water partition coefficient (Wildman–Crippen LogP) is 2.62. The molecule has 1 atom stereocenters. The molecule has 0 fully saturated rings. The quantitative estimate of drug-likeness (QED) is 0.875. The Bertz CT molecular complexity index is 485. The maximum absolute atomic E-state index is 4.17. The highest BCUT2D eigenvalue weighted by atomic mass is 15.3. The van der Waals surface area contributed by atoms with E-state index in [1.54, 1.807) is 0 Å². The largest absolute Gasteiger partial charge is 0.310 e. The van der Waals surface area contributed by atoms with Crippen LogP contribution in [0.1, 0.15) is 29.8 Å². The van der Waals surface area contributed by atoms with Crippen LogP contribution in [0, 0.1) is 6.92 Å². The zero-order valence-electron chi connectivity index (χ0n) is 11.4. The SMILES string of the molecule is Cc1ccc(C(C)NCCc2ccnn2C)cc1. The maximum atomic E-state index is 4.17. The van der Waals surface area contributed by atoms with Gasteiger partial charge in [-0.05, 0) is 25.5 Å². The van der Waals surface area contributed by atoms with Crippen molar-refractivity contribution in [1.29, 1.82) is 0 Å². The molecular weight excluding hydrogens is 222 g/mol. The average molecular weight is 243 g/mol. The van der Waals surface area contributed by atoms with Crippen LogP contribution in [0.2, 0.25) is 0 Å². The van der Waals surface area contributed by atoms with Gasteiger partial charge in [0.2, 0.25) is 0 Å². The van der Waals surface area contributed by atoms with Crippen LogP contribution in [-0.4, -0.2) is 16.3 Å². The zero-order valence-corrected chi connectivity index (χ0v) is 11.4. The summed E-state index contributed by atoms with van der Waals surface area (Å²) in [6.45, 7) is 5.28. The molecule has 0 aliphatic heterocycles. The van der Waals surface area contributed by atoms with E-state index in [1.165, 1.54) is 16.8 Å². The summed E-state index contributed by atoms with van der Waals surface area (Å²) < 4.78 is 1.93. The van der Waals surface area contributed by atoms with Crippen molar-refractivity contribution >= 4 is 0 Å². The molecule has 1 aromatic carbocycles. The van der Waals surface area contributed by atoms with Crippen LogP contribution in [-0.2, 0) is 13.5 Å². The Balaban J connectivity index is 1.83. The van der Waals surface area contributed by atoms with Crippen molar-refractivity contribution in [3.8, 4) is 0 Å². The number of aryl methyl sites for hydroxylation is 2. The van der Waals surface area contributed by atoms with Gasteiger partial charge < -0.3 is 5.32 Å². The summed E-state index contributed by atoms with van der Waals surface area (Å²) in [5, 5.41) is 7.71. The van der Waals surface area contributed by atoms with Crippen molar-refractivity contribution in [2.75, 3.05) is 6.54 Å². The molecule has 0 spiro atoms. The van der Waals surface area contributed by atoms with Crippen molar-refractivity contribution in [3.63, 3.8) is 0 Å². The lowest BCUT2D eigenvalue weighted by atomic mass is 10.1. The van der Waals surface area contributed by atoms with Crippen molar-refractivity contribution in [1.82, 2.24) is 15.1 Å². The number of nitrogens with zero attached hydrogens (tertiary/aromatic N) is 2. The summed E-state index contributed by atoms with van der Waals surface area (Å²) in [5.74, 6) is 0. The monoisotopic (exact) mass is 243 g/mol. The van der Waals surface area contributed by atoms with Gasteiger partial charge in [0, 0.05) is 37.9 Å². The van der Waals surface area contributed by atoms with Gasteiger partial charge in [0.05, 0.1) is 0 Å². The number of rotatable bonds is 5. The fourth-order valence-electron chi connectivity index (χ4n) is 2.04. The lowest BCUT2D eigenvalue weighted by Gasteiger charge is -2.14. The van der Waals surface area contributed by atoms with Crippen LogP contribution >= 0.6 is 0 Å². The number of hydrogen-bond donors (Lipinski definition) is 1. The van der Waals surface area contributed by atoms with Gasteiger partial charge in [-0.2, -0.15) is 5.10 Å². The minimum Gasteiger partial charge on any atom is -0.310 e. The highest BCUT2D eigenvalue weighted by molar-refractivity contribution is 5.23. The number of hydrogen-bond acceptors (Lipinski definition) is 2. The minimum absolute atomic E-state index is 0.388. The summed E-state index contributed by atoms with van der Waals surface area (Å²) in [7, 11) is 1.98. The molecule has 0 aliphatic carbocycles. The number of aromatic nitrogens is 2. The van der Waals surface area contributed by atoms with Crippen LogP contribution in [0.5, 0.6) is 0 Å². The summed E-state index contributed by atoms with van der Waals surface area (Å²) >= 11 is 0. The molecule has 0 saturated heterocycles. The van der Waals surface area contributed by atoms with E-state index in [1.807, 2.05) is 17.9 Å². The Labute approximate surface area is 109 Å². The van der Waals surface area contributed by atoms with Gasteiger partial charge in [0.25, 0.3) is 0 Å². The molecule has 3 heteroatoms. The van der Waals surface area contributed by atoms with Gasteiger partial charge in [-0.3, -0.25) is 4.68 Å². The van der Waals surface area contributed by atoms with E-state index >= 15 is 0 Å². The Hall–Kier alpha value is -1.61. The van der Waals surface area contributed by atoms with Crippen LogP contribution in [0.4, 0.5) is 0 Å². The molecule has 2 rings (SSSR count). The highest BCUT2D eigenvalue weighted by Gasteiger charge is 2.04. The van der Waals surface area contributed by atoms with Gasteiger partial charge >= 0.3 is 0 Å².